The van der Waals surface area contributed by atoms with Crippen molar-refractivity contribution < 1.29 is 9.53 Å². The molecule has 0 saturated carbocycles. The molecule has 0 aromatic carbocycles. The highest BCUT2D eigenvalue weighted by Crippen LogP contribution is 2.15. The van der Waals surface area contributed by atoms with E-state index >= 15 is 0 Å². The average Bonchev–Trinajstić information content (AvgIpc) is 2.65. The third-order valence-electron chi connectivity index (χ3n) is 5.51. The Morgan fingerprint density at radius 2 is 0.964 bits per heavy atom. The summed E-state index contributed by atoms with van der Waals surface area (Å²) in [7, 11) is 0. The molecule has 0 heterocycles. The van der Waals surface area contributed by atoms with Crippen LogP contribution in [0.15, 0.2) is 12.2 Å². The molecule has 0 atom stereocenters. The van der Waals surface area contributed by atoms with Crippen LogP contribution in [0.5, 0.6) is 0 Å². The van der Waals surface area contributed by atoms with Gasteiger partial charge in [0.05, 0.1) is 6.61 Å². The van der Waals surface area contributed by atoms with Gasteiger partial charge in [-0.25, -0.2) is 4.79 Å². The number of ether oxygens (including phenoxy) is 1. The monoisotopic (exact) mass is 394 g/mol. The van der Waals surface area contributed by atoms with Crippen molar-refractivity contribution in [2.75, 3.05) is 6.61 Å². The van der Waals surface area contributed by atoms with Gasteiger partial charge in [0.2, 0.25) is 0 Å². The quantitative estimate of drug-likeness (QED) is 0.110. The molecule has 0 saturated heterocycles. The first-order chi connectivity index (χ1) is 13.5. The van der Waals surface area contributed by atoms with E-state index in [4.69, 9.17) is 4.74 Å². The first kappa shape index (κ1) is 27.2. The molecular weight excluding hydrogens is 344 g/mol. The van der Waals surface area contributed by atoms with E-state index in [-0.39, 0.29) is 5.97 Å². The highest BCUT2D eigenvalue weighted by molar-refractivity contribution is 5.86. The Morgan fingerprint density at radius 3 is 1.29 bits per heavy atom. The minimum absolute atomic E-state index is 0.253. The van der Waals surface area contributed by atoms with E-state index in [1.54, 1.807) is 6.92 Å². The molecule has 0 fully saturated rings. The molecular formula is C26H50O2. The Labute approximate surface area is 176 Å². The summed E-state index contributed by atoms with van der Waals surface area (Å²) in [4.78, 5) is 11.2. The zero-order valence-corrected chi connectivity index (χ0v) is 19.5. The smallest absolute Gasteiger partial charge is 0.333 e. The van der Waals surface area contributed by atoms with Gasteiger partial charge in [-0.05, 0) is 19.3 Å². The lowest BCUT2D eigenvalue weighted by atomic mass is 10.0. The van der Waals surface area contributed by atoms with Gasteiger partial charge in [-0.3, -0.25) is 0 Å². The second-order valence-electron chi connectivity index (χ2n) is 9.11. The maximum absolute atomic E-state index is 11.2. The molecule has 0 bridgehead atoms. The number of carbonyl (C=O) groups is 1. The lowest BCUT2D eigenvalue weighted by molar-refractivity contribution is -0.139. The fourth-order valence-corrected chi connectivity index (χ4v) is 3.59. The lowest BCUT2D eigenvalue weighted by Gasteiger charge is -2.05. The molecule has 0 N–H and O–H groups in total. The van der Waals surface area contributed by atoms with Crippen LogP contribution in [0, 0.1) is 5.92 Å². The third kappa shape index (κ3) is 21.5. The molecule has 0 rings (SSSR count). The molecule has 0 spiro atoms. The average molecular weight is 395 g/mol. The SMILES string of the molecule is C=C(C)C(=O)OCCCCCCCCCCCCCCCCCCCC(C)C. The van der Waals surface area contributed by atoms with E-state index in [1.807, 2.05) is 0 Å². The molecule has 0 unspecified atom stereocenters. The highest BCUT2D eigenvalue weighted by Gasteiger charge is 2.01. The van der Waals surface area contributed by atoms with Crippen LogP contribution in [0.1, 0.15) is 136 Å². The van der Waals surface area contributed by atoms with Crippen molar-refractivity contribution in [3.05, 3.63) is 12.2 Å². The minimum Gasteiger partial charge on any atom is -0.462 e. The zero-order valence-electron chi connectivity index (χ0n) is 19.5. The first-order valence-electron chi connectivity index (χ1n) is 12.4. The van der Waals surface area contributed by atoms with E-state index in [0.717, 1.165) is 12.3 Å². The molecule has 0 radical (unpaired) electrons. The van der Waals surface area contributed by atoms with Gasteiger partial charge in [-0.1, -0.05) is 130 Å². The van der Waals surface area contributed by atoms with E-state index in [0.29, 0.717) is 12.2 Å². The van der Waals surface area contributed by atoms with Crippen molar-refractivity contribution >= 4 is 5.97 Å². The fraction of sp³-hybridized carbons (Fsp3) is 0.885. The fourth-order valence-electron chi connectivity index (χ4n) is 3.59. The number of unbranched alkanes of at least 4 members (excludes halogenated alkanes) is 16. The van der Waals surface area contributed by atoms with Gasteiger partial charge in [0, 0.05) is 5.57 Å². The minimum atomic E-state index is -0.253. The highest BCUT2D eigenvalue weighted by atomic mass is 16.5. The first-order valence-corrected chi connectivity index (χ1v) is 12.4. The van der Waals surface area contributed by atoms with Crippen LogP contribution < -0.4 is 0 Å². The van der Waals surface area contributed by atoms with Gasteiger partial charge >= 0.3 is 5.97 Å². The largest absolute Gasteiger partial charge is 0.462 e. The van der Waals surface area contributed by atoms with Crippen molar-refractivity contribution in [3.8, 4) is 0 Å². The Bertz CT molecular complexity index is 359. The van der Waals surface area contributed by atoms with Crippen LogP contribution in [0.2, 0.25) is 0 Å². The maximum Gasteiger partial charge on any atom is 0.333 e. The number of hydrogen-bond acceptors (Lipinski definition) is 2. The van der Waals surface area contributed by atoms with Gasteiger partial charge in [-0.15, -0.1) is 0 Å². The summed E-state index contributed by atoms with van der Waals surface area (Å²) in [5.41, 5.74) is 0.493. The Morgan fingerprint density at radius 1 is 0.643 bits per heavy atom. The molecule has 0 aromatic heterocycles. The Balaban J connectivity index is 3.07. The molecule has 0 aliphatic rings. The summed E-state index contributed by atoms with van der Waals surface area (Å²) >= 11 is 0. The summed E-state index contributed by atoms with van der Waals surface area (Å²) in [6.07, 6.45) is 24.7. The molecule has 28 heavy (non-hydrogen) atoms. The third-order valence-corrected chi connectivity index (χ3v) is 5.51. The summed E-state index contributed by atoms with van der Waals surface area (Å²) in [6, 6.07) is 0. The molecule has 166 valence electrons. The van der Waals surface area contributed by atoms with Crippen LogP contribution in [-0.4, -0.2) is 12.6 Å². The van der Waals surface area contributed by atoms with Crippen LogP contribution in [0.3, 0.4) is 0 Å². The van der Waals surface area contributed by atoms with E-state index < -0.39 is 0 Å². The van der Waals surface area contributed by atoms with Crippen LogP contribution in [0.4, 0.5) is 0 Å². The number of esters is 1. The number of rotatable bonds is 21. The van der Waals surface area contributed by atoms with E-state index in [9.17, 15) is 4.79 Å². The van der Waals surface area contributed by atoms with Crippen molar-refractivity contribution in [1.29, 1.82) is 0 Å². The van der Waals surface area contributed by atoms with Crippen LogP contribution in [0.25, 0.3) is 0 Å². The van der Waals surface area contributed by atoms with Crippen molar-refractivity contribution in [2.24, 2.45) is 5.92 Å². The predicted octanol–water partition coefficient (Wildman–Crippen LogP) is 8.78. The van der Waals surface area contributed by atoms with Crippen molar-refractivity contribution in [3.63, 3.8) is 0 Å². The summed E-state index contributed by atoms with van der Waals surface area (Å²) in [5, 5.41) is 0. The predicted molar refractivity (Wildman–Crippen MR) is 124 cm³/mol. The standard InChI is InChI=1S/C26H50O2/c1-24(2)22-20-18-16-14-12-10-8-6-5-7-9-11-13-15-17-19-21-23-28-26(27)25(3)4/h24H,3,5-23H2,1-2,4H3. The molecule has 0 aliphatic carbocycles. The number of hydrogen-bond donors (Lipinski definition) is 0. The zero-order chi connectivity index (χ0) is 20.9. The summed E-state index contributed by atoms with van der Waals surface area (Å²) in [6.45, 7) is 10.5. The van der Waals surface area contributed by atoms with Gasteiger partial charge in [-0.2, -0.15) is 0 Å². The Kier molecular flexibility index (Phi) is 20.3. The summed E-state index contributed by atoms with van der Waals surface area (Å²) in [5.74, 6) is 0.627. The van der Waals surface area contributed by atoms with Gasteiger partial charge in [0.25, 0.3) is 0 Å². The van der Waals surface area contributed by atoms with Crippen LogP contribution in [-0.2, 0) is 9.53 Å². The normalized spacial score (nSPS) is 11.1. The number of carbonyl (C=O) groups excluding carboxylic acids is 1. The topological polar surface area (TPSA) is 26.3 Å². The van der Waals surface area contributed by atoms with Gasteiger partial charge < -0.3 is 4.74 Å². The van der Waals surface area contributed by atoms with E-state index in [1.165, 1.54) is 109 Å². The molecule has 2 heteroatoms. The Hall–Kier alpha value is -0.790. The van der Waals surface area contributed by atoms with Crippen molar-refractivity contribution in [2.45, 2.75) is 136 Å². The second-order valence-corrected chi connectivity index (χ2v) is 9.11. The molecule has 0 amide bonds. The van der Waals surface area contributed by atoms with Crippen molar-refractivity contribution in [1.82, 2.24) is 0 Å². The van der Waals surface area contributed by atoms with E-state index in [2.05, 4.69) is 20.4 Å². The molecule has 0 aromatic rings. The molecule has 0 aliphatic heterocycles. The van der Waals surface area contributed by atoms with Gasteiger partial charge in [0.1, 0.15) is 0 Å². The van der Waals surface area contributed by atoms with Crippen LogP contribution >= 0.6 is 0 Å². The van der Waals surface area contributed by atoms with Gasteiger partial charge in [0.15, 0.2) is 0 Å². The maximum atomic E-state index is 11.2. The second kappa shape index (κ2) is 20.9. The lowest BCUT2D eigenvalue weighted by Crippen LogP contribution is -2.05. The molecule has 2 nitrogen and oxygen atoms in total. The summed E-state index contributed by atoms with van der Waals surface area (Å²) < 4.78 is 5.10.